The van der Waals surface area contributed by atoms with Gasteiger partial charge in [-0.2, -0.15) is 0 Å². The van der Waals surface area contributed by atoms with Crippen molar-refractivity contribution in [1.82, 2.24) is 14.5 Å². The molecule has 0 saturated carbocycles. The van der Waals surface area contributed by atoms with Crippen molar-refractivity contribution in [3.8, 4) is 11.5 Å². The molecule has 0 bridgehead atoms. The summed E-state index contributed by atoms with van der Waals surface area (Å²) in [5, 5.41) is 0. The Hall–Kier alpha value is -4.73. The predicted molar refractivity (Wildman–Crippen MR) is 150 cm³/mol. The molecule has 0 N–H and O–H groups in total. The number of pyridine rings is 2. The third-order valence-electron chi connectivity index (χ3n) is 6.95. The number of ether oxygens (including phenoxy) is 3. The maximum Gasteiger partial charge on any atom is 0.347 e. The molecule has 5 rings (SSSR count). The van der Waals surface area contributed by atoms with E-state index in [2.05, 4.69) is 4.98 Å². The molecule has 0 saturated heterocycles. The topological polar surface area (TPSA) is 100.0 Å². The van der Waals surface area contributed by atoms with E-state index in [0.29, 0.717) is 23.3 Å². The van der Waals surface area contributed by atoms with Crippen molar-refractivity contribution in [3.05, 3.63) is 99.2 Å². The predicted octanol–water partition coefficient (Wildman–Crippen LogP) is 4.12. The van der Waals surface area contributed by atoms with Crippen LogP contribution < -0.4 is 15.0 Å². The fourth-order valence-electron chi connectivity index (χ4n) is 4.83. The molecule has 1 aliphatic heterocycles. The fourth-order valence-corrected chi connectivity index (χ4v) is 4.83. The second-order valence-electron chi connectivity index (χ2n) is 9.87. The Morgan fingerprint density at radius 3 is 2.54 bits per heavy atom. The van der Waals surface area contributed by atoms with Gasteiger partial charge in [-0.15, -0.1) is 0 Å². The lowest BCUT2D eigenvalue weighted by Gasteiger charge is -2.32. The molecule has 2 aromatic carbocycles. The Labute approximate surface area is 236 Å². The number of nitrogens with zero attached hydrogens (tertiary/aromatic N) is 3. The zero-order valence-electron chi connectivity index (χ0n) is 23.1. The van der Waals surface area contributed by atoms with Gasteiger partial charge in [0.1, 0.15) is 29.6 Å². The van der Waals surface area contributed by atoms with E-state index in [4.69, 9.17) is 14.2 Å². The number of likely N-dealkylation sites (N-methyl/N-ethyl adjacent to an activating group) is 1. The molecule has 4 aromatic rings. The van der Waals surface area contributed by atoms with E-state index < -0.39 is 17.6 Å². The van der Waals surface area contributed by atoms with Crippen LogP contribution in [0.5, 0.6) is 11.5 Å². The molecule has 41 heavy (non-hydrogen) atoms. The number of benzene rings is 2. The number of hydrogen-bond donors (Lipinski definition) is 0. The zero-order chi connectivity index (χ0) is 29.1. The molecular formula is C31H30FN3O6. The molecule has 0 aliphatic carbocycles. The number of aromatic nitrogens is 2. The molecule has 1 unspecified atom stereocenters. The van der Waals surface area contributed by atoms with Gasteiger partial charge in [-0.1, -0.05) is 42.5 Å². The number of rotatable bonds is 9. The van der Waals surface area contributed by atoms with E-state index in [9.17, 15) is 18.8 Å². The van der Waals surface area contributed by atoms with Crippen LogP contribution in [0.4, 0.5) is 4.39 Å². The molecule has 3 heterocycles. The molecule has 0 radical (unpaired) electrons. The summed E-state index contributed by atoms with van der Waals surface area (Å²) >= 11 is 0. The first-order valence-corrected chi connectivity index (χ1v) is 13.3. The van der Waals surface area contributed by atoms with E-state index in [-0.39, 0.29) is 54.9 Å². The van der Waals surface area contributed by atoms with Crippen LogP contribution in [-0.4, -0.2) is 52.6 Å². The van der Waals surface area contributed by atoms with Crippen molar-refractivity contribution in [2.45, 2.75) is 39.5 Å². The Morgan fingerprint density at radius 2 is 1.85 bits per heavy atom. The zero-order valence-corrected chi connectivity index (χ0v) is 23.1. The number of esters is 1. The molecule has 1 amide bonds. The highest BCUT2D eigenvalue weighted by Gasteiger charge is 2.33. The summed E-state index contributed by atoms with van der Waals surface area (Å²) in [5.41, 5.74) is 2.12. The highest BCUT2D eigenvalue weighted by atomic mass is 19.1. The summed E-state index contributed by atoms with van der Waals surface area (Å²) in [4.78, 5) is 45.3. The van der Waals surface area contributed by atoms with Crippen molar-refractivity contribution in [2.24, 2.45) is 0 Å². The van der Waals surface area contributed by atoms with E-state index >= 15 is 0 Å². The van der Waals surface area contributed by atoms with Gasteiger partial charge in [0.2, 0.25) is 5.91 Å². The second-order valence-corrected chi connectivity index (χ2v) is 9.87. The van der Waals surface area contributed by atoms with Gasteiger partial charge < -0.3 is 19.1 Å². The maximum atomic E-state index is 14.0. The molecule has 0 fully saturated rings. The van der Waals surface area contributed by atoms with Crippen LogP contribution in [0.15, 0.2) is 65.6 Å². The van der Waals surface area contributed by atoms with Crippen LogP contribution in [-0.2, 0) is 29.1 Å². The second kappa shape index (κ2) is 11.8. The van der Waals surface area contributed by atoms with Crippen molar-refractivity contribution in [2.75, 3.05) is 20.2 Å². The summed E-state index contributed by atoms with van der Waals surface area (Å²) in [6.07, 6.45) is 1.37. The fraction of sp³-hybridized carbons (Fsp3) is 0.290. The monoisotopic (exact) mass is 559 g/mol. The van der Waals surface area contributed by atoms with Gasteiger partial charge in [-0.25, -0.2) is 9.18 Å². The van der Waals surface area contributed by atoms with Gasteiger partial charge in [0.15, 0.2) is 17.1 Å². The molecule has 10 heteroatoms. The molecule has 2 aromatic heterocycles. The van der Waals surface area contributed by atoms with Gasteiger partial charge in [0, 0.05) is 32.2 Å². The summed E-state index contributed by atoms with van der Waals surface area (Å²) in [6, 6.07) is 15.4. The molecular weight excluding hydrogens is 529 g/mol. The standard InChI is InChI=1S/C31H30FN3O6/c1-4-39-31(38)25-29(40-18-21-8-6-5-7-9-21)26-27-28(22(15-33-26)14-20-10-12-23(32)13-11-20)41-24(16-34(3)19(2)36)17-35(27)30(25)37/h5-13,15,24H,4,14,16-18H2,1-3H3. The van der Waals surface area contributed by atoms with Gasteiger partial charge in [-0.3, -0.25) is 19.1 Å². The normalized spacial score (nSPS) is 13.9. The number of amides is 1. The Bertz CT molecular complexity index is 1650. The number of hydrogen-bond acceptors (Lipinski definition) is 7. The van der Waals surface area contributed by atoms with Gasteiger partial charge >= 0.3 is 5.97 Å². The van der Waals surface area contributed by atoms with Gasteiger partial charge in [-0.05, 0) is 30.2 Å². The molecule has 212 valence electrons. The summed E-state index contributed by atoms with van der Waals surface area (Å²) in [7, 11) is 1.65. The van der Waals surface area contributed by atoms with Gasteiger partial charge in [0.05, 0.1) is 19.7 Å². The lowest BCUT2D eigenvalue weighted by atomic mass is 10.0. The van der Waals surface area contributed by atoms with Crippen LogP contribution in [0.25, 0.3) is 11.0 Å². The lowest BCUT2D eigenvalue weighted by molar-refractivity contribution is -0.128. The quantitative estimate of drug-likeness (QED) is 0.285. The summed E-state index contributed by atoms with van der Waals surface area (Å²) in [5.74, 6) is -0.912. The molecule has 9 nitrogen and oxygen atoms in total. The minimum Gasteiger partial charge on any atom is -0.485 e. The first-order valence-electron chi connectivity index (χ1n) is 13.3. The smallest absolute Gasteiger partial charge is 0.347 e. The summed E-state index contributed by atoms with van der Waals surface area (Å²) < 4.78 is 32.8. The molecule has 1 atom stereocenters. The lowest BCUT2D eigenvalue weighted by Crippen LogP contribution is -2.44. The minimum atomic E-state index is -0.811. The molecule has 0 spiro atoms. The highest BCUT2D eigenvalue weighted by molar-refractivity contribution is 6.00. The first kappa shape index (κ1) is 27.8. The largest absolute Gasteiger partial charge is 0.485 e. The number of carbonyl (C=O) groups is 2. The van der Waals surface area contributed by atoms with Crippen LogP contribution in [0.3, 0.4) is 0 Å². The summed E-state index contributed by atoms with van der Waals surface area (Å²) in [6.45, 7) is 3.55. The Morgan fingerprint density at radius 1 is 1.12 bits per heavy atom. The van der Waals surface area contributed by atoms with Crippen LogP contribution in [0.1, 0.15) is 40.9 Å². The van der Waals surface area contributed by atoms with Crippen molar-refractivity contribution in [1.29, 1.82) is 0 Å². The van der Waals surface area contributed by atoms with Crippen molar-refractivity contribution in [3.63, 3.8) is 0 Å². The highest BCUT2D eigenvalue weighted by Crippen LogP contribution is 2.38. The number of halogens is 1. The maximum absolute atomic E-state index is 14.0. The first-order chi connectivity index (χ1) is 19.8. The van der Waals surface area contributed by atoms with Crippen LogP contribution >= 0.6 is 0 Å². The van der Waals surface area contributed by atoms with Crippen LogP contribution in [0, 0.1) is 5.82 Å². The van der Waals surface area contributed by atoms with E-state index in [1.165, 1.54) is 28.5 Å². The van der Waals surface area contributed by atoms with Crippen LogP contribution in [0.2, 0.25) is 0 Å². The van der Waals surface area contributed by atoms with E-state index in [0.717, 1.165) is 11.1 Å². The van der Waals surface area contributed by atoms with E-state index in [1.807, 2.05) is 30.3 Å². The third-order valence-corrected chi connectivity index (χ3v) is 6.95. The van der Waals surface area contributed by atoms with Crippen molar-refractivity contribution >= 4 is 22.9 Å². The molecule has 1 aliphatic rings. The van der Waals surface area contributed by atoms with E-state index in [1.54, 1.807) is 32.3 Å². The van der Waals surface area contributed by atoms with Crippen molar-refractivity contribution < 1.29 is 28.2 Å². The van der Waals surface area contributed by atoms with Gasteiger partial charge in [0.25, 0.3) is 5.56 Å². The Kier molecular flexibility index (Phi) is 8.00. The number of carbonyl (C=O) groups excluding carboxylic acids is 2. The minimum absolute atomic E-state index is 0.0149. The Balaban J connectivity index is 1.69. The average molecular weight is 560 g/mol. The average Bonchev–Trinajstić information content (AvgIpc) is 2.96. The SMILES string of the molecule is CCOC(=O)c1c(OCc2ccccc2)c2ncc(Cc3ccc(F)cc3)c3c2n(c1=O)CC(CN(C)C(C)=O)O3. The third kappa shape index (κ3) is 5.77.